The number of hydrogen-bond donors (Lipinski definition) is 3. The van der Waals surface area contributed by atoms with E-state index in [0.29, 0.717) is 11.6 Å². The first-order valence-corrected chi connectivity index (χ1v) is 11.2. The zero-order chi connectivity index (χ0) is 27.8. The van der Waals surface area contributed by atoms with Crippen molar-refractivity contribution < 1.29 is 41.4 Å². The first kappa shape index (κ1) is 33.6. The molecule has 0 aliphatic carbocycles. The first-order chi connectivity index (χ1) is 16.8. The number of pyridine rings is 2. The van der Waals surface area contributed by atoms with Gasteiger partial charge in [0.05, 0.1) is 13.7 Å². The number of esters is 1. The van der Waals surface area contributed by atoms with Crippen molar-refractivity contribution in [3.63, 3.8) is 0 Å². The number of hydrazine groups is 1. The topological polar surface area (TPSA) is 138 Å². The molecule has 0 amide bonds. The van der Waals surface area contributed by atoms with Crippen molar-refractivity contribution in [2.75, 3.05) is 51.8 Å². The molecule has 0 fully saturated rings. The Morgan fingerprint density at radius 3 is 1.75 bits per heavy atom. The molecular weight excluding hydrogens is 626 g/mol. The second kappa shape index (κ2) is 17.1. The molecule has 0 bridgehead atoms. The second-order valence-corrected chi connectivity index (χ2v) is 8.24. The quantitative estimate of drug-likeness (QED) is 0.151. The van der Waals surface area contributed by atoms with E-state index in [1.807, 2.05) is 6.07 Å². The molecule has 16 heteroatoms. The van der Waals surface area contributed by atoms with E-state index in [9.17, 15) is 27.2 Å². The van der Waals surface area contributed by atoms with Gasteiger partial charge in [-0.3, -0.25) is 4.79 Å². The Hall–Kier alpha value is -2.40. The third-order valence-corrected chi connectivity index (χ3v) is 4.51. The SMILES string of the molecule is COCC(F)(F)C(=O)CNc1ccc(Br)cn1.COCC(F)(F)C(=O)OC.NNc1ccc(Br)cn1. The van der Waals surface area contributed by atoms with Crippen molar-refractivity contribution in [3.8, 4) is 0 Å². The van der Waals surface area contributed by atoms with E-state index in [4.69, 9.17) is 5.84 Å². The van der Waals surface area contributed by atoms with Gasteiger partial charge in [0.1, 0.15) is 24.8 Å². The number of halogens is 6. The Balaban J connectivity index is 0.000000551. The summed E-state index contributed by atoms with van der Waals surface area (Å²) in [6.45, 7) is -2.36. The van der Waals surface area contributed by atoms with Crippen LogP contribution in [0.2, 0.25) is 0 Å². The summed E-state index contributed by atoms with van der Waals surface area (Å²) in [5.41, 5.74) is 2.42. The summed E-state index contributed by atoms with van der Waals surface area (Å²) in [7, 11) is 3.09. The number of nitrogens with two attached hydrogens (primary N) is 1. The molecule has 2 rings (SSSR count). The van der Waals surface area contributed by atoms with Gasteiger partial charge in [-0.1, -0.05) is 0 Å². The lowest BCUT2D eigenvalue weighted by molar-refractivity contribution is -0.175. The predicted octanol–water partition coefficient (Wildman–Crippen LogP) is 3.68. The van der Waals surface area contributed by atoms with Crippen LogP contribution < -0.4 is 16.6 Å². The number of nitrogens with zero attached hydrogens (tertiary/aromatic N) is 2. The van der Waals surface area contributed by atoms with E-state index in [-0.39, 0.29) is 0 Å². The second-order valence-electron chi connectivity index (χ2n) is 6.41. The summed E-state index contributed by atoms with van der Waals surface area (Å²) in [4.78, 5) is 29.1. The van der Waals surface area contributed by atoms with Gasteiger partial charge in [-0.2, -0.15) is 17.6 Å². The highest BCUT2D eigenvalue weighted by atomic mass is 79.9. The molecule has 4 N–H and O–H groups in total. The van der Waals surface area contributed by atoms with Gasteiger partial charge in [0.2, 0.25) is 5.78 Å². The fraction of sp³-hybridized carbons (Fsp3) is 0.400. The number of carbonyl (C=O) groups excluding carboxylic acids is 2. The van der Waals surface area contributed by atoms with Gasteiger partial charge in [0.15, 0.2) is 0 Å². The number of methoxy groups -OCH3 is 3. The van der Waals surface area contributed by atoms with Crippen LogP contribution in [0.4, 0.5) is 29.2 Å². The van der Waals surface area contributed by atoms with Crippen LogP contribution in [0, 0.1) is 0 Å². The number of nitrogen functional groups attached to an aromatic ring is 1. The summed E-state index contributed by atoms with van der Waals surface area (Å²) in [6, 6.07) is 6.91. The van der Waals surface area contributed by atoms with Crippen LogP contribution in [0.1, 0.15) is 0 Å². The molecule has 2 aromatic rings. The highest BCUT2D eigenvalue weighted by Gasteiger charge is 2.40. The van der Waals surface area contributed by atoms with Gasteiger partial charge in [0, 0.05) is 35.6 Å². The van der Waals surface area contributed by atoms with E-state index >= 15 is 0 Å². The molecule has 0 atom stereocenters. The summed E-state index contributed by atoms with van der Waals surface area (Å²) in [6.07, 6.45) is 3.18. The average Bonchev–Trinajstić information content (AvgIpc) is 2.84. The van der Waals surface area contributed by atoms with Crippen molar-refractivity contribution in [3.05, 3.63) is 45.6 Å². The smallest absolute Gasteiger partial charge is 0.379 e. The maximum Gasteiger partial charge on any atom is 0.379 e. The number of ether oxygens (including phenoxy) is 3. The van der Waals surface area contributed by atoms with E-state index < -0.39 is 43.4 Å². The van der Waals surface area contributed by atoms with E-state index in [0.717, 1.165) is 30.3 Å². The standard InChI is InChI=1S/C10H11BrF2N2O2.C5H6BrN3.C5H8F2O3/c1-17-6-10(12,13)8(16)5-15-9-3-2-7(11)4-14-9;6-4-1-2-5(9-7)8-3-4;1-9-3-5(6,7)4(8)10-2/h2-4H,5-6H2,1H3,(H,14,15);1-3H,7H2,(H,8,9);3H2,1-2H3. The Bertz CT molecular complexity index is 926. The monoisotopic (exact) mass is 649 g/mol. The number of carbonyl (C=O) groups is 2. The van der Waals surface area contributed by atoms with Crippen LogP contribution >= 0.6 is 31.9 Å². The number of hydrogen-bond acceptors (Lipinski definition) is 10. The van der Waals surface area contributed by atoms with Crippen LogP contribution in [0.5, 0.6) is 0 Å². The Morgan fingerprint density at radius 2 is 1.36 bits per heavy atom. The molecule has 0 aliphatic rings. The van der Waals surface area contributed by atoms with Crippen LogP contribution in [0.15, 0.2) is 45.6 Å². The molecule has 0 saturated heterocycles. The van der Waals surface area contributed by atoms with Crippen LogP contribution in [-0.2, 0) is 23.8 Å². The summed E-state index contributed by atoms with van der Waals surface area (Å²) in [5, 5.41) is 2.52. The van der Waals surface area contributed by atoms with Crippen LogP contribution in [0.3, 0.4) is 0 Å². The molecule has 2 heterocycles. The number of Topliss-reactive ketones (excluding diaryl/α,β-unsaturated/α-hetero) is 1. The molecular formula is C20H25Br2F4N5O5. The fourth-order valence-corrected chi connectivity index (χ4v) is 2.36. The van der Waals surface area contributed by atoms with Gasteiger partial charge in [-0.15, -0.1) is 0 Å². The van der Waals surface area contributed by atoms with Crippen molar-refractivity contribution >= 4 is 55.2 Å². The molecule has 0 aromatic carbocycles. The largest absolute Gasteiger partial charge is 0.465 e. The maximum atomic E-state index is 13.0. The number of aromatic nitrogens is 2. The Labute approximate surface area is 221 Å². The van der Waals surface area contributed by atoms with Crippen molar-refractivity contribution in [1.29, 1.82) is 0 Å². The molecule has 2 aromatic heterocycles. The Morgan fingerprint density at radius 1 is 0.889 bits per heavy atom. The summed E-state index contributed by atoms with van der Waals surface area (Å²) < 4.78 is 64.4. The van der Waals surface area contributed by atoms with Gasteiger partial charge in [-0.05, 0) is 56.1 Å². The first-order valence-electron chi connectivity index (χ1n) is 9.61. The lowest BCUT2D eigenvalue weighted by Gasteiger charge is -2.14. The van der Waals surface area contributed by atoms with Gasteiger partial charge in [-0.25, -0.2) is 20.6 Å². The molecule has 202 valence electrons. The lowest BCUT2D eigenvalue weighted by atomic mass is 10.2. The minimum atomic E-state index is -3.52. The molecule has 0 aliphatic heterocycles. The van der Waals surface area contributed by atoms with Crippen LogP contribution in [0.25, 0.3) is 0 Å². The molecule has 0 spiro atoms. The molecule has 0 unspecified atom stereocenters. The minimum Gasteiger partial charge on any atom is -0.465 e. The predicted molar refractivity (Wildman–Crippen MR) is 131 cm³/mol. The minimum absolute atomic E-state index is 0.356. The van der Waals surface area contributed by atoms with Crippen molar-refractivity contribution in [1.82, 2.24) is 9.97 Å². The average molecular weight is 651 g/mol. The van der Waals surface area contributed by atoms with Gasteiger partial charge < -0.3 is 25.0 Å². The fourth-order valence-electron chi connectivity index (χ4n) is 1.89. The zero-order valence-corrected chi connectivity index (χ0v) is 22.5. The number of anilines is 2. The van der Waals surface area contributed by atoms with E-state index in [1.54, 1.807) is 24.4 Å². The third-order valence-electron chi connectivity index (χ3n) is 3.58. The van der Waals surface area contributed by atoms with Gasteiger partial charge >= 0.3 is 17.8 Å². The summed E-state index contributed by atoms with van der Waals surface area (Å²) in [5.74, 6) is -3.71. The third kappa shape index (κ3) is 13.6. The number of ketones is 1. The lowest BCUT2D eigenvalue weighted by Crippen LogP contribution is -2.38. The Kier molecular flexibility index (Phi) is 16.0. The number of alkyl halides is 4. The number of nitrogens with one attached hydrogen (secondary N) is 2. The van der Waals surface area contributed by atoms with Gasteiger partial charge in [0.25, 0.3) is 0 Å². The maximum absolute atomic E-state index is 13.0. The highest BCUT2D eigenvalue weighted by Crippen LogP contribution is 2.16. The normalized spacial score (nSPS) is 10.7. The van der Waals surface area contributed by atoms with E-state index in [2.05, 4.69) is 66.8 Å². The van der Waals surface area contributed by atoms with Crippen molar-refractivity contribution in [2.45, 2.75) is 11.8 Å². The summed E-state index contributed by atoms with van der Waals surface area (Å²) >= 11 is 6.43. The molecule has 0 saturated carbocycles. The zero-order valence-electron chi connectivity index (χ0n) is 19.4. The highest BCUT2D eigenvalue weighted by molar-refractivity contribution is 9.10. The molecule has 0 radical (unpaired) electrons. The molecule has 36 heavy (non-hydrogen) atoms. The molecule has 10 nitrogen and oxygen atoms in total. The van der Waals surface area contributed by atoms with Crippen molar-refractivity contribution in [2.24, 2.45) is 5.84 Å². The van der Waals surface area contributed by atoms with E-state index in [1.165, 1.54) is 6.20 Å². The van der Waals surface area contributed by atoms with Crippen LogP contribution in [-0.4, -0.2) is 74.7 Å². The number of rotatable bonds is 10.